The largest absolute Gasteiger partial charge is 0.397 e. The molecule has 3 N–H and O–H groups in total. The summed E-state index contributed by atoms with van der Waals surface area (Å²) in [5.74, 6) is 0.759. The number of benzene rings is 2. The topological polar surface area (TPSA) is 64.1 Å². The van der Waals surface area contributed by atoms with Crippen LogP contribution in [0.25, 0.3) is 22.4 Å². The number of aromatic nitrogens is 2. The quantitative estimate of drug-likeness (QED) is 0.728. The van der Waals surface area contributed by atoms with E-state index in [2.05, 4.69) is 4.98 Å². The summed E-state index contributed by atoms with van der Waals surface area (Å²) < 4.78 is 1.96. The summed E-state index contributed by atoms with van der Waals surface area (Å²) in [6, 6.07) is 13.1. The summed E-state index contributed by atoms with van der Waals surface area (Å²) >= 11 is 6.04. The Labute approximate surface area is 121 Å². The summed E-state index contributed by atoms with van der Waals surface area (Å²) in [6.45, 7) is 0.496. The first-order valence-corrected chi connectivity index (χ1v) is 6.70. The third kappa shape index (κ3) is 2.13. The smallest absolute Gasteiger partial charge is 0.141 e. The molecular formula is C15H14ClN3O. The summed E-state index contributed by atoms with van der Waals surface area (Å²) in [5.41, 5.74) is 9.17. The third-order valence-electron chi connectivity index (χ3n) is 3.22. The molecule has 0 fully saturated rings. The van der Waals surface area contributed by atoms with E-state index < -0.39 is 0 Å². The van der Waals surface area contributed by atoms with Crippen molar-refractivity contribution in [3.05, 3.63) is 47.5 Å². The van der Waals surface area contributed by atoms with Crippen LogP contribution in [-0.2, 0) is 6.54 Å². The standard InChI is InChI=1S/C15H14ClN3O/c16-11-4-1-3-10(9-11)15-18-14-12(17)5-2-6-13(14)19(15)7-8-20/h1-6,9,20H,7-8,17H2. The van der Waals surface area contributed by atoms with Gasteiger partial charge in [-0.25, -0.2) is 4.98 Å². The maximum Gasteiger partial charge on any atom is 0.141 e. The number of aliphatic hydroxyl groups excluding tert-OH is 1. The van der Waals surface area contributed by atoms with Gasteiger partial charge >= 0.3 is 0 Å². The molecule has 0 aliphatic carbocycles. The van der Waals surface area contributed by atoms with E-state index >= 15 is 0 Å². The zero-order valence-corrected chi connectivity index (χ0v) is 11.5. The Bertz CT molecular complexity index is 767. The minimum atomic E-state index is 0.0355. The highest BCUT2D eigenvalue weighted by Gasteiger charge is 2.13. The number of anilines is 1. The zero-order chi connectivity index (χ0) is 14.1. The second-order valence-corrected chi connectivity index (χ2v) is 4.97. The van der Waals surface area contributed by atoms with Crippen molar-refractivity contribution in [2.24, 2.45) is 0 Å². The number of nitrogen functional groups attached to an aromatic ring is 1. The van der Waals surface area contributed by atoms with E-state index in [1.807, 2.05) is 47.0 Å². The van der Waals surface area contributed by atoms with Gasteiger partial charge in [0.05, 0.1) is 17.8 Å². The van der Waals surface area contributed by atoms with E-state index in [-0.39, 0.29) is 6.61 Å². The molecule has 0 unspecified atom stereocenters. The highest BCUT2D eigenvalue weighted by atomic mass is 35.5. The summed E-state index contributed by atoms with van der Waals surface area (Å²) in [4.78, 5) is 4.61. The summed E-state index contributed by atoms with van der Waals surface area (Å²) in [7, 11) is 0. The number of para-hydroxylation sites is 1. The van der Waals surface area contributed by atoms with Gasteiger partial charge in [0.15, 0.2) is 0 Å². The van der Waals surface area contributed by atoms with Gasteiger partial charge in [0.1, 0.15) is 11.3 Å². The normalized spacial score (nSPS) is 11.1. The Morgan fingerprint density at radius 3 is 2.75 bits per heavy atom. The van der Waals surface area contributed by atoms with Crippen molar-refractivity contribution >= 4 is 28.3 Å². The van der Waals surface area contributed by atoms with E-state index in [0.717, 1.165) is 22.4 Å². The molecule has 0 bridgehead atoms. The molecule has 4 nitrogen and oxygen atoms in total. The molecule has 2 aromatic carbocycles. The van der Waals surface area contributed by atoms with E-state index in [1.165, 1.54) is 0 Å². The molecule has 0 aliphatic rings. The lowest BCUT2D eigenvalue weighted by Crippen LogP contribution is -2.04. The van der Waals surface area contributed by atoms with Gasteiger partial charge in [0.2, 0.25) is 0 Å². The second kappa shape index (κ2) is 5.15. The van der Waals surface area contributed by atoms with Crippen LogP contribution < -0.4 is 5.73 Å². The van der Waals surface area contributed by atoms with Gasteiger partial charge in [0.25, 0.3) is 0 Å². The predicted molar refractivity (Wildman–Crippen MR) is 81.7 cm³/mol. The number of hydrogen-bond donors (Lipinski definition) is 2. The van der Waals surface area contributed by atoms with Crippen LogP contribution in [0.2, 0.25) is 5.02 Å². The first kappa shape index (κ1) is 13.0. The van der Waals surface area contributed by atoms with E-state index in [1.54, 1.807) is 0 Å². The van der Waals surface area contributed by atoms with Crippen LogP contribution in [0.15, 0.2) is 42.5 Å². The van der Waals surface area contributed by atoms with Gasteiger partial charge in [-0.15, -0.1) is 0 Å². The molecule has 0 saturated heterocycles. The van der Waals surface area contributed by atoms with Gasteiger partial charge in [-0.3, -0.25) is 0 Å². The summed E-state index contributed by atoms with van der Waals surface area (Å²) in [5, 5.41) is 9.94. The highest BCUT2D eigenvalue weighted by Crippen LogP contribution is 2.29. The number of rotatable bonds is 3. The molecule has 0 saturated carbocycles. The van der Waals surface area contributed by atoms with Gasteiger partial charge in [0, 0.05) is 17.1 Å². The van der Waals surface area contributed by atoms with E-state index in [0.29, 0.717) is 17.3 Å². The molecule has 1 heterocycles. The van der Waals surface area contributed by atoms with Crippen molar-refractivity contribution in [2.75, 3.05) is 12.3 Å². The minimum Gasteiger partial charge on any atom is -0.397 e. The SMILES string of the molecule is Nc1cccc2c1nc(-c1cccc(Cl)c1)n2CCO. The Kier molecular flexibility index (Phi) is 3.34. The highest BCUT2D eigenvalue weighted by molar-refractivity contribution is 6.30. The first-order chi connectivity index (χ1) is 9.70. The maximum absolute atomic E-state index is 9.29. The minimum absolute atomic E-state index is 0.0355. The fourth-order valence-electron chi connectivity index (χ4n) is 2.34. The van der Waals surface area contributed by atoms with Crippen LogP contribution in [-0.4, -0.2) is 21.3 Å². The lowest BCUT2D eigenvalue weighted by atomic mass is 10.2. The lowest BCUT2D eigenvalue weighted by Gasteiger charge is -2.07. The van der Waals surface area contributed by atoms with Crippen LogP contribution in [0.1, 0.15) is 0 Å². The average Bonchev–Trinajstić information content (AvgIpc) is 2.80. The number of aliphatic hydroxyl groups is 1. The number of hydrogen-bond acceptors (Lipinski definition) is 3. The average molecular weight is 288 g/mol. The number of nitrogens with zero attached hydrogens (tertiary/aromatic N) is 2. The van der Waals surface area contributed by atoms with Gasteiger partial charge in [-0.05, 0) is 24.3 Å². The molecule has 5 heteroatoms. The monoisotopic (exact) mass is 287 g/mol. The van der Waals surface area contributed by atoms with Crippen LogP contribution >= 0.6 is 11.6 Å². The number of nitrogens with two attached hydrogens (primary N) is 1. The van der Waals surface area contributed by atoms with Crippen molar-refractivity contribution in [1.29, 1.82) is 0 Å². The predicted octanol–water partition coefficient (Wildman–Crippen LogP) is 2.93. The van der Waals surface area contributed by atoms with Crippen LogP contribution in [0.3, 0.4) is 0 Å². The molecule has 0 spiro atoms. The lowest BCUT2D eigenvalue weighted by molar-refractivity contribution is 0.278. The van der Waals surface area contributed by atoms with Gasteiger partial charge in [-0.2, -0.15) is 0 Å². The Hall–Kier alpha value is -2.04. The third-order valence-corrected chi connectivity index (χ3v) is 3.45. The van der Waals surface area contributed by atoms with Crippen LogP contribution in [0.5, 0.6) is 0 Å². The van der Waals surface area contributed by atoms with E-state index in [4.69, 9.17) is 17.3 Å². The maximum atomic E-state index is 9.29. The second-order valence-electron chi connectivity index (χ2n) is 4.54. The van der Waals surface area contributed by atoms with Crippen LogP contribution in [0, 0.1) is 0 Å². The molecule has 102 valence electrons. The zero-order valence-electron chi connectivity index (χ0n) is 10.8. The van der Waals surface area contributed by atoms with E-state index in [9.17, 15) is 5.11 Å². The first-order valence-electron chi connectivity index (χ1n) is 6.32. The van der Waals surface area contributed by atoms with Crippen molar-refractivity contribution < 1.29 is 5.11 Å². The fourth-order valence-corrected chi connectivity index (χ4v) is 2.53. The molecule has 20 heavy (non-hydrogen) atoms. The molecular weight excluding hydrogens is 274 g/mol. The number of imidazole rings is 1. The molecule has 1 aromatic heterocycles. The van der Waals surface area contributed by atoms with Gasteiger partial charge in [-0.1, -0.05) is 29.8 Å². The van der Waals surface area contributed by atoms with Crippen molar-refractivity contribution in [3.8, 4) is 11.4 Å². The molecule has 0 radical (unpaired) electrons. The molecule has 3 rings (SSSR count). The van der Waals surface area contributed by atoms with Crippen molar-refractivity contribution in [2.45, 2.75) is 6.54 Å². The Morgan fingerprint density at radius 2 is 2.00 bits per heavy atom. The van der Waals surface area contributed by atoms with Crippen LogP contribution in [0.4, 0.5) is 5.69 Å². The fraction of sp³-hybridized carbons (Fsp3) is 0.133. The molecule has 0 atom stereocenters. The molecule has 0 aliphatic heterocycles. The number of fused-ring (bicyclic) bond motifs is 1. The number of halogens is 1. The molecule has 3 aromatic rings. The Morgan fingerprint density at radius 1 is 1.20 bits per heavy atom. The van der Waals surface area contributed by atoms with Gasteiger partial charge < -0.3 is 15.4 Å². The Balaban J connectivity index is 2.29. The molecule has 0 amide bonds. The van der Waals surface area contributed by atoms with Crippen molar-refractivity contribution in [3.63, 3.8) is 0 Å². The van der Waals surface area contributed by atoms with Crippen molar-refractivity contribution in [1.82, 2.24) is 9.55 Å². The summed E-state index contributed by atoms with van der Waals surface area (Å²) in [6.07, 6.45) is 0.